The van der Waals surface area contributed by atoms with E-state index < -0.39 is 0 Å². The van der Waals surface area contributed by atoms with Crippen molar-refractivity contribution in [1.29, 1.82) is 0 Å². The zero-order chi connectivity index (χ0) is 23.1. The van der Waals surface area contributed by atoms with Gasteiger partial charge < -0.3 is 5.11 Å². The average Bonchev–Trinajstić information content (AvgIpc) is 3.34. The Labute approximate surface area is 192 Å². The quantitative estimate of drug-likeness (QED) is 0.391. The van der Waals surface area contributed by atoms with Gasteiger partial charge in [0.2, 0.25) is 5.95 Å². The fourth-order valence-corrected chi connectivity index (χ4v) is 4.18. The van der Waals surface area contributed by atoms with Crippen molar-refractivity contribution in [2.24, 2.45) is 7.05 Å². The number of aromatic amines is 1. The zero-order valence-electron chi connectivity index (χ0n) is 17.7. The highest BCUT2D eigenvalue weighted by Crippen LogP contribution is 2.29. The van der Waals surface area contributed by atoms with Gasteiger partial charge in [0.05, 0.1) is 23.3 Å². The van der Waals surface area contributed by atoms with Gasteiger partial charge in [-0.1, -0.05) is 17.7 Å². The molecule has 6 rings (SSSR count). The molecule has 0 radical (unpaired) electrons. The van der Waals surface area contributed by atoms with Gasteiger partial charge in [0.15, 0.2) is 5.65 Å². The van der Waals surface area contributed by atoms with Gasteiger partial charge in [-0.3, -0.25) is 14.1 Å². The van der Waals surface area contributed by atoms with Crippen LogP contribution in [0.3, 0.4) is 0 Å². The largest absolute Gasteiger partial charge is 0.388 e. The predicted molar refractivity (Wildman–Crippen MR) is 123 cm³/mol. The number of nitrogens with one attached hydrogen (secondary N) is 1. The summed E-state index contributed by atoms with van der Waals surface area (Å²) in [6.07, 6.45) is 5.50. The smallest absolute Gasteiger partial charge is 0.327 e. The highest BCUT2D eigenvalue weighted by Gasteiger charge is 2.17. The van der Waals surface area contributed by atoms with E-state index in [1.54, 1.807) is 42.3 Å². The van der Waals surface area contributed by atoms with Crippen LogP contribution in [0.2, 0.25) is 5.02 Å². The number of H-pyrrole nitrogens is 1. The molecule has 1 aliphatic rings. The molecule has 0 fully saturated rings. The molecule has 0 bridgehead atoms. The number of fused-ring (bicyclic) bond motifs is 3. The molecule has 8 nitrogen and oxygen atoms in total. The Balaban J connectivity index is 0.000000162. The van der Waals surface area contributed by atoms with Crippen molar-refractivity contribution in [3.8, 4) is 5.95 Å². The van der Waals surface area contributed by atoms with Gasteiger partial charge in [0.25, 0.3) is 0 Å². The Kier molecular flexibility index (Phi) is 5.43. The summed E-state index contributed by atoms with van der Waals surface area (Å²) in [6, 6.07) is 10.0. The molecule has 3 heterocycles. The fourth-order valence-electron chi connectivity index (χ4n) is 4.01. The number of benzene rings is 2. The lowest BCUT2D eigenvalue weighted by Crippen LogP contribution is -2.11. The topological polar surface area (TPSA) is 102 Å². The number of hydrogen-bond acceptors (Lipinski definition) is 5. The number of aromatic nitrogens is 6. The van der Waals surface area contributed by atoms with Gasteiger partial charge in [-0.15, -0.1) is 0 Å². The molecule has 2 aromatic carbocycles. The van der Waals surface area contributed by atoms with Gasteiger partial charge in [-0.2, -0.15) is 4.98 Å². The number of halogens is 2. The van der Waals surface area contributed by atoms with Crippen LogP contribution in [0.4, 0.5) is 4.39 Å². The van der Waals surface area contributed by atoms with E-state index in [1.165, 1.54) is 16.7 Å². The molecule has 1 aliphatic carbocycles. The highest BCUT2D eigenvalue weighted by molar-refractivity contribution is 6.31. The van der Waals surface area contributed by atoms with Gasteiger partial charge in [0.1, 0.15) is 17.7 Å². The maximum atomic E-state index is 12.7. The van der Waals surface area contributed by atoms with E-state index in [2.05, 4.69) is 19.9 Å². The van der Waals surface area contributed by atoms with Gasteiger partial charge >= 0.3 is 5.69 Å². The van der Waals surface area contributed by atoms with Crippen LogP contribution in [0.25, 0.3) is 28.1 Å². The number of imidazole rings is 2. The highest BCUT2D eigenvalue weighted by atomic mass is 35.5. The summed E-state index contributed by atoms with van der Waals surface area (Å²) in [5, 5.41) is 10.1. The Hall–Kier alpha value is -3.56. The molecule has 0 saturated carbocycles. The molecule has 0 spiro atoms. The normalized spacial score (nSPS) is 15.3. The molecular formula is C23H20ClFN6O2. The van der Waals surface area contributed by atoms with Crippen molar-refractivity contribution in [3.05, 3.63) is 81.4 Å². The van der Waals surface area contributed by atoms with Crippen molar-refractivity contribution < 1.29 is 9.50 Å². The van der Waals surface area contributed by atoms with E-state index >= 15 is 0 Å². The first kappa shape index (κ1) is 21.3. The first-order chi connectivity index (χ1) is 15.9. The number of aliphatic hydroxyl groups excluding tert-OH is 1. The van der Waals surface area contributed by atoms with Crippen LogP contribution in [-0.4, -0.2) is 34.2 Å². The van der Waals surface area contributed by atoms with Crippen molar-refractivity contribution in [2.45, 2.75) is 25.4 Å². The van der Waals surface area contributed by atoms with Crippen LogP contribution in [0.5, 0.6) is 0 Å². The summed E-state index contributed by atoms with van der Waals surface area (Å²) in [5.41, 5.74) is 4.37. The lowest BCUT2D eigenvalue weighted by Gasteiger charge is -2.20. The second kappa shape index (κ2) is 8.42. The second-order valence-electron chi connectivity index (χ2n) is 7.89. The van der Waals surface area contributed by atoms with Crippen LogP contribution in [0, 0.1) is 5.82 Å². The van der Waals surface area contributed by atoms with E-state index in [0.29, 0.717) is 22.1 Å². The molecule has 0 aliphatic heterocycles. The summed E-state index contributed by atoms with van der Waals surface area (Å²) >= 11 is 6.02. The van der Waals surface area contributed by atoms with Crippen molar-refractivity contribution in [3.63, 3.8) is 0 Å². The number of rotatable bonds is 1. The maximum absolute atomic E-state index is 12.7. The minimum absolute atomic E-state index is 0.206. The number of hydrogen-bond donors (Lipinski definition) is 2. The lowest BCUT2D eigenvalue weighted by atomic mass is 9.89. The Morgan fingerprint density at radius 1 is 1.18 bits per heavy atom. The first-order valence-corrected chi connectivity index (χ1v) is 10.8. The van der Waals surface area contributed by atoms with Gasteiger partial charge in [-0.25, -0.2) is 19.2 Å². The molecule has 168 valence electrons. The van der Waals surface area contributed by atoms with E-state index in [-0.39, 0.29) is 17.6 Å². The average molecular weight is 467 g/mol. The second-order valence-corrected chi connectivity index (χ2v) is 8.33. The third-order valence-electron chi connectivity index (χ3n) is 5.76. The van der Waals surface area contributed by atoms with Crippen LogP contribution in [0.1, 0.15) is 30.1 Å². The van der Waals surface area contributed by atoms with Gasteiger partial charge in [-0.05, 0) is 60.7 Å². The molecular weight excluding hydrogens is 447 g/mol. The van der Waals surface area contributed by atoms with E-state index in [1.807, 2.05) is 6.07 Å². The Bertz CT molecular complexity index is 1540. The summed E-state index contributed by atoms with van der Waals surface area (Å²) in [7, 11) is 1.66. The molecule has 3 aromatic heterocycles. The van der Waals surface area contributed by atoms with Crippen LogP contribution in [0.15, 0.2) is 53.7 Å². The summed E-state index contributed by atoms with van der Waals surface area (Å²) in [4.78, 5) is 27.2. The van der Waals surface area contributed by atoms with Crippen molar-refractivity contribution in [2.75, 3.05) is 0 Å². The Morgan fingerprint density at radius 2 is 2.03 bits per heavy atom. The van der Waals surface area contributed by atoms with Crippen molar-refractivity contribution in [1.82, 2.24) is 29.1 Å². The minimum Gasteiger partial charge on any atom is -0.388 e. The molecule has 5 aromatic rings. The Morgan fingerprint density at radius 3 is 2.88 bits per heavy atom. The molecule has 10 heteroatoms. The lowest BCUT2D eigenvalue weighted by molar-refractivity contribution is 0.156. The molecule has 2 N–H and O–H groups in total. The SMILES string of the molecule is Cn1c(=O)[nH]c2nc(-n3cnc4ccc(Cl)cc43)ncc21.OC1CCCc2cc(F)ccc21. The summed E-state index contributed by atoms with van der Waals surface area (Å²) in [5.74, 6) is 0.219. The third kappa shape index (κ3) is 4.01. The standard InChI is InChI=1S/C13H9ClN6O.C10H11FO/c1-19-10-5-15-12(17-11(10)18-13(19)21)20-6-16-8-3-2-7(14)4-9(8)20;11-8-4-5-9-7(6-8)2-1-3-10(9)12/h2-6H,1H3,(H,15,17,18,21);4-6,10,12H,1-3H2. The van der Waals surface area contributed by atoms with Crippen LogP contribution >= 0.6 is 11.6 Å². The molecule has 1 atom stereocenters. The molecule has 0 saturated heterocycles. The van der Waals surface area contributed by atoms with E-state index in [4.69, 9.17) is 11.6 Å². The maximum Gasteiger partial charge on any atom is 0.327 e. The fraction of sp³-hybridized carbons (Fsp3) is 0.217. The number of nitrogens with zero attached hydrogens (tertiary/aromatic N) is 5. The molecule has 0 amide bonds. The predicted octanol–water partition coefficient (Wildman–Crippen LogP) is 3.84. The number of aryl methyl sites for hydroxylation is 2. The van der Waals surface area contributed by atoms with Crippen LogP contribution < -0.4 is 5.69 Å². The van der Waals surface area contributed by atoms with E-state index in [0.717, 1.165) is 41.4 Å². The van der Waals surface area contributed by atoms with Crippen LogP contribution in [-0.2, 0) is 13.5 Å². The number of aliphatic hydroxyl groups is 1. The van der Waals surface area contributed by atoms with Crippen molar-refractivity contribution >= 4 is 33.8 Å². The minimum atomic E-state index is -0.380. The first-order valence-electron chi connectivity index (χ1n) is 10.4. The summed E-state index contributed by atoms with van der Waals surface area (Å²) in [6.45, 7) is 0. The van der Waals surface area contributed by atoms with Gasteiger partial charge in [0, 0.05) is 12.1 Å². The molecule has 33 heavy (non-hydrogen) atoms. The third-order valence-corrected chi connectivity index (χ3v) is 6.00. The summed E-state index contributed by atoms with van der Waals surface area (Å²) < 4.78 is 15.9. The van der Waals surface area contributed by atoms with E-state index in [9.17, 15) is 14.3 Å². The zero-order valence-corrected chi connectivity index (χ0v) is 18.4. The monoisotopic (exact) mass is 466 g/mol. The molecule has 1 unspecified atom stereocenters.